The van der Waals surface area contributed by atoms with Crippen molar-refractivity contribution in [1.29, 1.82) is 0 Å². The molecule has 0 spiro atoms. The van der Waals surface area contributed by atoms with Gasteiger partial charge >= 0.3 is 0 Å². The number of aliphatic hydroxyl groups excluding tert-OH is 1. The first-order valence-corrected chi connectivity index (χ1v) is 10.6. The molecule has 0 amide bonds. The molecular formula is C21H46ClNO. The molecule has 0 atom stereocenters. The molecule has 0 aliphatic rings. The number of hydrogen-bond acceptors (Lipinski definition) is 1. The van der Waals surface area contributed by atoms with Crippen molar-refractivity contribution in [1.82, 2.24) is 0 Å². The van der Waals surface area contributed by atoms with Gasteiger partial charge in [-0.25, -0.2) is 0 Å². The Morgan fingerprint density at radius 3 is 1.25 bits per heavy atom. The van der Waals surface area contributed by atoms with Crippen LogP contribution in [-0.4, -0.2) is 43.4 Å². The second-order valence-corrected chi connectivity index (χ2v) is 8.06. The van der Waals surface area contributed by atoms with Crippen molar-refractivity contribution < 1.29 is 22.0 Å². The molecule has 0 fully saturated rings. The summed E-state index contributed by atoms with van der Waals surface area (Å²) in [6, 6.07) is 0. The molecule has 0 aliphatic carbocycles. The Morgan fingerprint density at radius 1 is 0.542 bits per heavy atom. The second kappa shape index (κ2) is 19.5. The molecule has 0 radical (unpaired) electrons. The van der Waals surface area contributed by atoms with Crippen molar-refractivity contribution in [3.63, 3.8) is 0 Å². The molecule has 0 saturated carbocycles. The predicted octanol–water partition coefficient (Wildman–Crippen LogP) is 2.93. The van der Waals surface area contributed by atoms with Crippen LogP contribution in [0.15, 0.2) is 0 Å². The first kappa shape index (κ1) is 26.4. The van der Waals surface area contributed by atoms with Gasteiger partial charge in [0.05, 0.1) is 27.2 Å². The van der Waals surface area contributed by atoms with Crippen LogP contribution in [0.4, 0.5) is 0 Å². The van der Waals surface area contributed by atoms with Crippen LogP contribution in [0.5, 0.6) is 0 Å². The molecule has 0 aromatic rings. The average molecular weight is 364 g/mol. The molecule has 0 bridgehead atoms. The quantitative estimate of drug-likeness (QED) is 0.293. The van der Waals surface area contributed by atoms with Gasteiger partial charge in [-0.1, -0.05) is 77.6 Å². The van der Waals surface area contributed by atoms with E-state index in [2.05, 4.69) is 21.0 Å². The van der Waals surface area contributed by atoms with E-state index in [1.807, 2.05) is 0 Å². The van der Waals surface area contributed by atoms with Gasteiger partial charge in [0.15, 0.2) is 0 Å². The molecule has 0 aliphatic heterocycles. The first-order valence-electron chi connectivity index (χ1n) is 10.6. The molecule has 0 unspecified atom stereocenters. The van der Waals surface area contributed by atoms with E-state index < -0.39 is 0 Å². The summed E-state index contributed by atoms with van der Waals surface area (Å²) in [5.41, 5.74) is 0. The van der Waals surface area contributed by atoms with E-state index in [4.69, 9.17) is 5.11 Å². The smallest absolute Gasteiger partial charge is 0.0783 e. The van der Waals surface area contributed by atoms with Crippen molar-refractivity contribution in [3.05, 3.63) is 0 Å². The van der Waals surface area contributed by atoms with Crippen LogP contribution in [0.3, 0.4) is 0 Å². The average Bonchev–Trinajstić information content (AvgIpc) is 2.52. The van der Waals surface area contributed by atoms with Gasteiger partial charge in [-0.15, -0.1) is 0 Å². The Balaban J connectivity index is 0. The van der Waals surface area contributed by atoms with Crippen molar-refractivity contribution in [2.45, 2.75) is 103 Å². The van der Waals surface area contributed by atoms with Gasteiger partial charge in [0.2, 0.25) is 0 Å². The number of quaternary nitrogens is 1. The maximum absolute atomic E-state index is 8.86. The van der Waals surface area contributed by atoms with Crippen LogP contribution in [0.1, 0.15) is 103 Å². The molecular weight excluding hydrogens is 318 g/mol. The maximum atomic E-state index is 8.86. The topological polar surface area (TPSA) is 20.2 Å². The van der Waals surface area contributed by atoms with Crippen LogP contribution in [0.25, 0.3) is 0 Å². The van der Waals surface area contributed by atoms with Gasteiger partial charge in [0.25, 0.3) is 0 Å². The molecule has 0 aromatic carbocycles. The highest BCUT2D eigenvalue weighted by molar-refractivity contribution is 4.49. The fourth-order valence-electron chi connectivity index (χ4n) is 3.32. The summed E-state index contributed by atoms with van der Waals surface area (Å²) in [5.74, 6) is 0. The SMILES string of the molecule is CCCCCCCCCCCCCCC[N+](C)(C)CCCCO.[Cl-]. The Hall–Kier alpha value is 0.210. The van der Waals surface area contributed by atoms with Crippen LogP contribution in [-0.2, 0) is 0 Å². The van der Waals surface area contributed by atoms with Gasteiger partial charge in [-0.05, 0) is 25.7 Å². The highest BCUT2D eigenvalue weighted by Crippen LogP contribution is 2.13. The van der Waals surface area contributed by atoms with Crippen LogP contribution in [0.2, 0.25) is 0 Å². The van der Waals surface area contributed by atoms with E-state index >= 15 is 0 Å². The molecule has 0 aromatic heterocycles. The molecule has 0 heterocycles. The Morgan fingerprint density at radius 2 is 0.875 bits per heavy atom. The minimum atomic E-state index is 0. The van der Waals surface area contributed by atoms with E-state index in [0.717, 1.165) is 17.3 Å². The number of unbranched alkanes of at least 4 members (excludes halogenated alkanes) is 13. The number of aliphatic hydroxyl groups is 1. The van der Waals surface area contributed by atoms with Crippen molar-refractivity contribution in [2.24, 2.45) is 0 Å². The third-order valence-corrected chi connectivity index (χ3v) is 5.04. The molecule has 0 saturated heterocycles. The molecule has 1 N–H and O–H groups in total. The van der Waals surface area contributed by atoms with Crippen LogP contribution >= 0.6 is 0 Å². The molecule has 2 nitrogen and oxygen atoms in total. The fourth-order valence-corrected chi connectivity index (χ4v) is 3.32. The third kappa shape index (κ3) is 20.3. The van der Waals surface area contributed by atoms with Gasteiger partial charge in [0, 0.05) is 6.61 Å². The van der Waals surface area contributed by atoms with E-state index in [1.54, 1.807) is 0 Å². The first-order chi connectivity index (χ1) is 11.1. The second-order valence-electron chi connectivity index (χ2n) is 8.06. The zero-order chi connectivity index (χ0) is 17.2. The minimum Gasteiger partial charge on any atom is -1.00 e. The summed E-state index contributed by atoms with van der Waals surface area (Å²) in [6.45, 7) is 5.14. The summed E-state index contributed by atoms with van der Waals surface area (Å²) in [4.78, 5) is 0. The lowest BCUT2D eigenvalue weighted by molar-refractivity contribution is -0.890. The van der Waals surface area contributed by atoms with Crippen molar-refractivity contribution >= 4 is 0 Å². The van der Waals surface area contributed by atoms with Crippen molar-refractivity contribution in [2.75, 3.05) is 33.8 Å². The highest BCUT2D eigenvalue weighted by Gasteiger charge is 2.13. The molecule has 3 heteroatoms. The van der Waals surface area contributed by atoms with Crippen LogP contribution in [0, 0.1) is 0 Å². The van der Waals surface area contributed by atoms with Gasteiger partial charge < -0.3 is 22.0 Å². The summed E-state index contributed by atoms with van der Waals surface area (Å²) in [5, 5.41) is 8.86. The summed E-state index contributed by atoms with van der Waals surface area (Å²) in [6.07, 6.45) is 20.7. The molecule has 0 rings (SSSR count). The van der Waals surface area contributed by atoms with E-state index in [0.29, 0.717) is 6.61 Å². The molecule has 24 heavy (non-hydrogen) atoms. The number of hydrogen-bond donors (Lipinski definition) is 1. The van der Waals surface area contributed by atoms with Crippen LogP contribution < -0.4 is 12.4 Å². The highest BCUT2D eigenvalue weighted by atomic mass is 35.5. The maximum Gasteiger partial charge on any atom is 0.0783 e. The number of halogens is 1. The lowest BCUT2D eigenvalue weighted by Crippen LogP contribution is -3.00. The van der Waals surface area contributed by atoms with E-state index in [1.165, 1.54) is 96.6 Å². The Bertz CT molecular complexity index is 234. The summed E-state index contributed by atoms with van der Waals surface area (Å²) >= 11 is 0. The van der Waals surface area contributed by atoms with E-state index in [-0.39, 0.29) is 12.4 Å². The molecule has 148 valence electrons. The fraction of sp³-hybridized carbons (Fsp3) is 1.00. The normalized spacial score (nSPS) is 11.5. The van der Waals surface area contributed by atoms with Crippen molar-refractivity contribution in [3.8, 4) is 0 Å². The minimum absolute atomic E-state index is 0. The number of nitrogens with zero attached hydrogens (tertiary/aromatic N) is 1. The zero-order valence-corrected chi connectivity index (χ0v) is 17.8. The van der Waals surface area contributed by atoms with E-state index in [9.17, 15) is 0 Å². The summed E-state index contributed by atoms with van der Waals surface area (Å²) in [7, 11) is 4.66. The third-order valence-electron chi connectivity index (χ3n) is 5.04. The monoisotopic (exact) mass is 363 g/mol. The lowest BCUT2D eigenvalue weighted by atomic mass is 10.0. The standard InChI is InChI=1S/C21H46NO.ClH/c1-4-5-6-7-8-9-10-11-12-13-14-15-16-19-22(2,3)20-17-18-21-23;/h23H,4-21H2,1-3H3;1H/q+1;/p-1. The largest absolute Gasteiger partial charge is 1.00 e. The van der Waals surface area contributed by atoms with Gasteiger partial charge in [-0.2, -0.15) is 0 Å². The summed E-state index contributed by atoms with van der Waals surface area (Å²) < 4.78 is 1.12. The van der Waals surface area contributed by atoms with Gasteiger partial charge in [0.1, 0.15) is 0 Å². The Labute approximate surface area is 159 Å². The zero-order valence-electron chi connectivity index (χ0n) is 17.0. The number of rotatable bonds is 18. The predicted molar refractivity (Wildman–Crippen MR) is 104 cm³/mol. The Kier molecular flexibility index (Phi) is 21.5. The lowest BCUT2D eigenvalue weighted by Gasteiger charge is -2.29. The van der Waals surface area contributed by atoms with Gasteiger partial charge in [-0.3, -0.25) is 0 Å².